The average Bonchev–Trinajstić information content (AvgIpc) is 2.82. The number of anilines is 1. The van der Waals surface area contributed by atoms with E-state index in [2.05, 4.69) is 15.7 Å². The van der Waals surface area contributed by atoms with Gasteiger partial charge in [0.05, 0.1) is 24.5 Å². The summed E-state index contributed by atoms with van der Waals surface area (Å²) in [6, 6.07) is 8.50. The Hall–Kier alpha value is -2.34. The summed E-state index contributed by atoms with van der Waals surface area (Å²) in [4.78, 5) is 11.8. The van der Waals surface area contributed by atoms with Crippen LogP contribution >= 0.6 is 0 Å². The van der Waals surface area contributed by atoms with E-state index in [0.717, 1.165) is 5.56 Å². The highest BCUT2D eigenvalue weighted by Gasteiger charge is 2.13. The molecule has 100 valence electrons. The summed E-state index contributed by atoms with van der Waals surface area (Å²) < 4.78 is 1.59. The maximum absolute atomic E-state index is 11.8. The summed E-state index contributed by atoms with van der Waals surface area (Å²) in [5.74, 6) is 0. The molecule has 1 atom stereocenters. The fraction of sp³-hybridized carbons (Fsp3) is 0.231. The van der Waals surface area contributed by atoms with Gasteiger partial charge in [-0.1, -0.05) is 30.3 Å². The van der Waals surface area contributed by atoms with Gasteiger partial charge in [0.1, 0.15) is 0 Å². The van der Waals surface area contributed by atoms with E-state index in [4.69, 9.17) is 0 Å². The van der Waals surface area contributed by atoms with Crippen LogP contribution in [0, 0.1) is 0 Å². The van der Waals surface area contributed by atoms with Crippen LogP contribution in [0.4, 0.5) is 10.5 Å². The molecule has 19 heavy (non-hydrogen) atoms. The first kappa shape index (κ1) is 13.1. The van der Waals surface area contributed by atoms with Crippen molar-refractivity contribution < 1.29 is 9.90 Å². The zero-order valence-electron chi connectivity index (χ0n) is 10.6. The fourth-order valence-corrected chi connectivity index (χ4v) is 1.73. The van der Waals surface area contributed by atoms with Crippen molar-refractivity contribution in [3.05, 3.63) is 48.3 Å². The van der Waals surface area contributed by atoms with E-state index in [1.165, 1.54) is 0 Å². The van der Waals surface area contributed by atoms with E-state index in [1.807, 2.05) is 30.3 Å². The molecule has 0 spiro atoms. The molecule has 6 heteroatoms. The number of carbonyl (C=O) groups excluding carboxylic acids is 1. The SMILES string of the molecule is Cn1cc(NC(=O)N[C@H](CO)c2ccccc2)cn1. The first-order chi connectivity index (χ1) is 9.19. The molecule has 0 aliphatic carbocycles. The molecule has 0 saturated carbocycles. The minimum absolute atomic E-state index is 0.162. The zero-order valence-corrected chi connectivity index (χ0v) is 10.6. The van der Waals surface area contributed by atoms with Gasteiger partial charge in [-0.25, -0.2) is 4.79 Å². The van der Waals surface area contributed by atoms with Gasteiger partial charge in [-0.15, -0.1) is 0 Å². The van der Waals surface area contributed by atoms with Gasteiger partial charge >= 0.3 is 6.03 Å². The molecule has 2 amide bonds. The van der Waals surface area contributed by atoms with Crippen LogP contribution in [0.1, 0.15) is 11.6 Å². The molecule has 0 saturated heterocycles. The van der Waals surface area contributed by atoms with Crippen molar-refractivity contribution in [3.8, 4) is 0 Å². The zero-order chi connectivity index (χ0) is 13.7. The number of rotatable bonds is 4. The number of amides is 2. The Morgan fingerprint density at radius 3 is 2.74 bits per heavy atom. The molecule has 0 bridgehead atoms. The van der Waals surface area contributed by atoms with Gasteiger partial charge < -0.3 is 15.7 Å². The molecule has 0 fully saturated rings. The molecule has 2 aromatic rings. The van der Waals surface area contributed by atoms with Gasteiger partial charge in [0.15, 0.2) is 0 Å². The second kappa shape index (κ2) is 6.01. The Labute approximate surface area is 111 Å². The van der Waals surface area contributed by atoms with Crippen LogP contribution in [0.25, 0.3) is 0 Å². The van der Waals surface area contributed by atoms with Gasteiger partial charge in [0.2, 0.25) is 0 Å². The van der Waals surface area contributed by atoms with Crippen molar-refractivity contribution in [2.75, 3.05) is 11.9 Å². The normalized spacial score (nSPS) is 11.9. The third kappa shape index (κ3) is 3.56. The van der Waals surface area contributed by atoms with E-state index >= 15 is 0 Å². The van der Waals surface area contributed by atoms with Gasteiger partial charge in [0, 0.05) is 13.2 Å². The van der Waals surface area contributed by atoms with Gasteiger partial charge in [-0.2, -0.15) is 5.10 Å². The van der Waals surface area contributed by atoms with Crippen molar-refractivity contribution in [2.45, 2.75) is 6.04 Å². The van der Waals surface area contributed by atoms with Crippen LogP contribution in [-0.4, -0.2) is 27.5 Å². The Morgan fingerprint density at radius 2 is 2.16 bits per heavy atom. The highest BCUT2D eigenvalue weighted by atomic mass is 16.3. The molecule has 1 heterocycles. The summed E-state index contributed by atoms with van der Waals surface area (Å²) in [7, 11) is 1.77. The number of aliphatic hydroxyl groups is 1. The number of aryl methyl sites for hydroxylation is 1. The molecule has 0 aliphatic heterocycles. The molecule has 2 rings (SSSR count). The minimum atomic E-state index is -0.433. The van der Waals surface area contributed by atoms with E-state index in [-0.39, 0.29) is 12.6 Å². The summed E-state index contributed by atoms with van der Waals surface area (Å²) >= 11 is 0. The lowest BCUT2D eigenvalue weighted by atomic mass is 10.1. The molecule has 3 N–H and O–H groups in total. The third-order valence-electron chi connectivity index (χ3n) is 2.65. The van der Waals surface area contributed by atoms with Gasteiger partial charge in [0.25, 0.3) is 0 Å². The van der Waals surface area contributed by atoms with Gasteiger partial charge in [-0.05, 0) is 5.56 Å². The molecule has 0 unspecified atom stereocenters. The maximum atomic E-state index is 11.8. The second-order valence-electron chi connectivity index (χ2n) is 4.15. The number of nitrogens with one attached hydrogen (secondary N) is 2. The van der Waals surface area contributed by atoms with Crippen molar-refractivity contribution in [2.24, 2.45) is 7.05 Å². The Kier molecular flexibility index (Phi) is 4.15. The van der Waals surface area contributed by atoms with Crippen molar-refractivity contribution in [1.29, 1.82) is 0 Å². The summed E-state index contributed by atoms with van der Waals surface area (Å²) in [6.45, 7) is -0.162. The lowest BCUT2D eigenvalue weighted by Crippen LogP contribution is -2.34. The van der Waals surface area contributed by atoms with Crippen LogP contribution < -0.4 is 10.6 Å². The lowest BCUT2D eigenvalue weighted by molar-refractivity contribution is 0.225. The third-order valence-corrected chi connectivity index (χ3v) is 2.65. The quantitative estimate of drug-likeness (QED) is 0.774. The predicted molar refractivity (Wildman–Crippen MR) is 71.6 cm³/mol. The number of benzene rings is 1. The molecular formula is C13H16N4O2. The Bertz CT molecular complexity index is 539. The number of aromatic nitrogens is 2. The van der Waals surface area contributed by atoms with Crippen LogP contribution in [0.3, 0.4) is 0 Å². The smallest absolute Gasteiger partial charge is 0.319 e. The van der Waals surface area contributed by atoms with Crippen molar-refractivity contribution in [3.63, 3.8) is 0 Å². The Balaban J connectivity index is 1.97. The molecule has 1 aromatic carbocycles. The van der Waals surface area contributed by atoms with Crippen molar-refractivity contribution >= 4 is 11.7 Å². The first-order valence-electron chi connectivity index (χ1n) is 5.91. The highest BCUT2D eigenvalue weighted by Crippen LogP contribution is 2.12. The summed E-state index contributed by atoms with van der Waals surface area (Å²) in [5, 5.41) is 18.6. The minimum Gasteiger partial charge on any atom is -0.394 e. The number of carbonyl (C=O) groups is 1. The van der Waals surface area contributed by atoms with E-state index in [1.54, 1.807) is 24.1 Å². The van der Waals surface area contributed by atoms with Crippen LogP contribution in [0.2, 0.25) is 0 Å². The molecular weight excluding hydrogens is 244 g/mol. The van der Waals surface area contributed by atoms with E-state index < -0.39 is 6.04 Å². The Morgan fingerprint density at radius 1 is 1.42 bits per heavy atom. The number of aliphatic hydroxyl groups excluding tert-OH is 1. The first-order valence-corrected chi connectivity index (χ1v) is 5.91. The standard InChI is InChI=1S/C13H16N4O2/c1-17-8-11(7-14-17)15-13(19)16-12(9-18)10-5-3-2-4-6-10/h2-8,12,18H,9H2,1H3,(H2,15,16,19)/t12-/m1/s1. The van der Waals surface area contributed by atoms with Crippen LogP contribution in [0.15, 0.2) is 42.7 Å². The van der Waals surface area contributed by atoms with Crippen LogP contribution in [0.5, 0.6) is 0 Å². The maximum Gasteiger partial charge on any atom is 0.319 e. The van der Waals surface area contributed by atoms with Crippen molar-refractivity contribution in [1.82, 2.24) is 15.1 Å². The predicted octanol–water partition coefficient (Wildman–Crippen LogP) is 1.28. The second-order valence-corrected chi connectivity index (χ2v) is 4.15. The topological polar surface area (TPSA) is 79.2 Å². The molecule has 0 aliphatic rings. The van der Waals surface area contributed by atoms with Gasteiger partial charge in [-0.3, -0.25) is 4.68 Å². The number of nitrogens with zero attached hydrogens (tertiary/aromatic N) is 2. The number of hydrogen-bond donors (Lipinski definition) is 3. The number of urea groups is 1. The van der Waals surface area contributed by atoms with E-state index in [9.17, 15) is 9.90 Å². The van der Waals surface area contributed by atoms with Crippen LogP contribution in [-0.2, 0) is 7.05 Å². The monoisotopic (exact) mass is 260 g/mol. The molecule has 6 nitrogen and oxygen atoms in total. The fourth-order valence-electron chi connectivity index (χ4n) is 1.73. The average molecular weight is 260 g/mol. The lowest BCUT2D eigenvalue weighted by Gasteiger charge is -2.16. The molecule has 1 aromatic heterocycles. The van der Waals surface area contributed by atoms with E-state index in [0.29, 0.717) is 5.69 Å². The number of hydrogen-bond acceptors (Lipinski definition) is 3. The largest absolute Gasteiger partial charge is 0.394 e. The highest BCUT2D eigenvalue weighted by molar-refractivity contribution is 5.89. The summed E-state index contributed by atoms with van der Waals surface area (Å²) in [5.41, 5.74) is 1.45. The molecule has 0 radical (unpaired) electrons. The summed E-state index contributed by atoms with van der Waals surface area (Å²) in [6.07, 6.45) is 3.24.